The number of sulfonamides is 1. The van der Waals surface area contributed by atoms with Gasteiger partial charge in [-0.25, -0.2) is 17.7 Å². The van der Waals surface area contributed by atoms with Crippen molar-refractivity contribution in [2.24, 2.45) is 7.05 Å². The van der Waals surface area contributed by atoms with Gasteiger partial charge in [0.05, 0.1) is 15.9 Å². The molecule has 2 aromatic rings. The highest BCUT2D eigenvalue weighted by Crippen LogP contribution is 2.22. The number of hydrogen-bond acceptors (Lipinski definition) is 4. The molecule has 0 N–H and O–H groups in total. The molecule has 144 valence electrons. The Balaban J connectivity index is 2.20. The fourth-order valence-electron chi connectivity index (χ4n) is 2.75. The Morgan fingerprint density at radius 1 is 1.23 bits per heavy atom. The number of aromatic nitrogens is 2. The molecule has 26 heavy (non-hydrogen) atoms. The average Bonchev–Trinajstić information content (AvgIpc) is 2.92. The van der Waals surface area contributed by atoms with Crippen LogP contribution in [-0.4, -0.2) is 60.8 Å². The molecule has 2 rings (SSSR count). The summed E-state index contributed by atoms with van der Waals surface area (Å²) in [6.45, 7) is 2.87. The number of unbranched alkanes of at least 4 members (excludes halogenated alkanes) is 1. The fourth-order valence-corrected chi connectivity index (χ4v) is 3.68. The summed E-state index contributed by atoms with van der Waals surface area (Å²) in [6, 6.07) is 4.94. The highest BCUT2D eigenvalue weighted by atomic mass is 32.2. The van der Waals surface area contributed by atoms with E-state index in [-0.39, 0.29) is 10.8 Å². The monoisotopic (exact) mass is 380 g/mol. The normalized spacial score (nSPS) is 12.1. The number of carbonyl (C=O) groups is 1. The standard InChI is InChI=1S/C18H28N4O3S/c1-6-7-12-21(4)18(23)11-10-17-19-15-13-14(26(24,25)20(2)3)8-9-16(15)22(17)5/h8-9,13H,6-7,10-12H2,1-5H3. The number of aryl methyl sites for hydroxylation is 2. The second kappa shape index (κ2) is 8.18. The van der Waals surface area contributed by atoms with Crippen LogP contribution in [0.4, 0.5) is 0 Å². The molecule has 0 aliphatic rings. The molecule has 7 nitrogen and oxygen atoms in total. The van der Waals surface area contributed by atoms with Crippen molar-refractivity contribution in [2.75, 3.05) is 27.7 Å². The third-order valence-corrected chi connectivity index (χ3v) is 6.37. The van der Waals surface area contributed by atoms with Gasteiger partial charge in [-0.1, -0.05) is 13.3 Å². The molecule has 0 atom stereocenters. The summed E-state index contributed by atoms with van der Waals surface area (Å²) in [4.78, 5) is 18.7. The zero-order chi connectivity index (χ0) is 19.5. The highest BCUT2D eigenvalue weighted by molar-refractivity contribution is 7.89. The van der Waals surface area contributed by atoms with Crippen LogP contribution < -0.4 is 0 Å². The Hall–Kier alpha value is -1.93. The summed E-state index contributed by atoms with van der Waals surface area (Å²) < 4.78 is 27.7. The summed E-state index contributed by atoms with van der Waals surface area (Å²) in [5.74, 6) is 0.873. The molecule has 8 heteroatoms. The summed E-state index contributed by atoms with van der Waals surface area (Å²) in [5, 5.41) is 0. The maximum absolute atomic E-state index is 12.3. The molecule has 1 aromatic carbocycles. The van der Waals surface area contributed by atoms with Gasteiger partial charge in [0.25, 0.3) is 0 Å². The van der Waals surface area contributed by atoms with Crippen molar-refractivity contribution in [2.45, 2.75) is 37.5 Å². The molecule has 0 bridgehead atoms. The molecule has 0 aliphatic heterocycles. The average molecular weight is 381 g/mol. The Bertz CT molecular complexity index is 887. The van der Waals surface area contributed by atoms with Crippen molar-refractivity contribution in [3.63, 3.8) is 0 Å². The molecular weight excluding hydrogens is 352 g/mol. The summed E-state index contributed by atoms with van der Waals surface area (Å²) in [5.41, 5.74) is 1.47. The maximum atomic E-state index is 12.3. The molecule has 0 radical (unpaired) electrons. The summed E-state index contributed by atoms with van der Waals surface area (Å²) >= 11 is 0. The van der Waals surface area contributed by atoms with E-state index < -0.39 is 10.0 Å². The molecule has 1 heterocycles. The topological polar surface area (TPSA) is 75.5 Å². The van der Waals surface area contributed by atoms with E-state index in [0.29, 0.717) is 18.4 Å². The van der Waals surface area contributed by atoms with Crippen molar-refractivity contribution in [1.29, 1.82) is 0 Å². The molecule has 0 fully saturated rings. The number of benzene rings is 1. The second-order valence-corrected chi connectivity index (χ2v) is 8.85. The first kappa shape index (κ1) is 20.4. The van der Waals surface area contributed by atoms with E-state index in [0.717, 1.165) is 30.7 Å². The number of hydrogen-bond donors (Lipinski definition) is 0. The third-order valence-electron chi connectivity index (χ3n) is 4.56. The van der Waals surface area contributed by atoms with Gasteiger partial charge in [0, 0.05) is 47.6 Å². The number of carbonyl (C=O) groups excluding carboxylic acids is 1. The van der Waals surface area contributed by atoms with E-state index in [2.05, 4.69) is 11.9 Å². The van der Waals surface area contributed by atoms with E-state index >= 15 is 0 Å². The minimum Gasteiger partial charge on any atom is -0.346 e. The molecule has 0 aliphatic carbocycles. The zero-order valence-electron chi connectivity index (χ0n) is 16.2. The largest absolute Gasteiger partial charge is 0.346 e. The van der Waals surface area contributed by atoms with E-state index in [1.807, 2.05) is 18.7 Å². The minimum atomic E-state index is -3.49. The quantitative estimate of drug-likeness (QED) is 0.702. The van der Waals surface area contributed by atoms with Crippen molar-refractivity contribution in [3.8, 4) is 0 Å². The Morgan fingerprint density at radius 2 is 1.92 bits per heavy atom. The van der Waals surface area contributed by atoms with Crippen LogP contribution in [0.15, 0.2) is 23.1 Å². The van der Waals surface area contributed by atoms with Gasteiger partial charge in [0.2, 0.25) is 15.9 Å². The molecule has 0 saturated heterocycles. The molecule has 0 spiro atoms. The lowest BCUT2D eigenvalue weighted by Gasteiger charge is -2.16. The Morgan fingerprint density at radius 3 is 2.54 bits per heavy atom. The van der Waals surface area contributed by atoms with E-state index in [1.165, 1.54) is 18.4 Å². The molecular formula is C18H28N4O3S. The van der Waals surface area contributed by atoms with Crippen LogP contribution in [0.1, 0.15) is 32.0 Å². The minimum absolute atomic E-state index is 0.0985. The van der Waals surface area contributed by atoms with Gasteiger partial charge < -0.3 is 9.47 Å². The molecule has 1 amide bonds. The van der Waals surface area contributed by atoms with Gasteiger partial charge in [-0.05, 0) is 24.6 Å². The first-order valence-corrected chi connectivity index (χ1v) is 10.2. The number of rotatable bonds is 8. The predicted molar refractivity (Wildman–Crippen MR) is 102 cm³/mol. The third kappa shape index (κ3) is 4.24. The van der Waals surface area contributed by atoms with Gasteiger partial charge in [0.1, 0.15) is 5.82 Å². The maximum Gasteiger partial charge on any atom is 0.242 e. The number of nitrogens with zero attached hydrogens (tertiary/aromatic N) is 4. The fraction of sp³-hybridized carbons (Fsp3) is 0.556. The number of fused-ring (bicyclic) bond motifs is 1. The molecule has 0 unspecified atom stereocenters. The van der Waals surface area contributed by atoms with E-state index in [9.17, 15) is 13.2 Å². The van der Waals surface area contributed by atoms with Gasteiger partial charge in [-0.15, -0.1) is 0 Å². The van der Waals surface area contributed by atoms with Crippen LogP contribution in [0.2, 0.25) is 0 Å². The van der Waals surface area contributed by atoms with Crippen LogP contribution in [-0.2, 0) is 28.3 Å². The van der Waals surface area contributed by atoms with Crippen LogP contribution in [0.25, 0.3) is 11.0 Å². The first-order chi connectivity index (χ1) is 12.2. The van der Waals surface area contributed by atoms with Crippen molar-refractivity contribution >= 4 is 27.0 Å². The van der Waals surface area contributed by atoms with Gasteiger partial charge in [0.15, 0.2) is 0 Å². The van der Waals surface area contributed by atoms with Gasteiger partial charge >= 0.3 is 0 Å². The van der Waals surface area contributed by atoms with Gasteiger partial charge in [-0.2, -0.15) is 0 Å². The zero-order valence-corrected chi connectivity index (χ0v) is 17.0. The summed E-state index contributed by atoms with van der Waals surface area (Å²) in [7, 11) is 3.22. The van der Waals surface area contributed by atoms with Crippen molar-refractivity contribution in [1.82, 2.24) is 18.8 Å². The Kier molecular flexibility index (Phi) is 6.41. The lowest BCUT2D eigenvalue weighted by atomic mass is 10.2. The number of imidazole rings is 1. The van der Waals surface area contributed by atoms with Crippen LogP contribution in [0.3, 0.4) is 0 Å². The predicted octanol–water partition coefficient (Wildman–Crippen LogP) is 2.01. The van der Waals surface area contributed by atoms with Crippen LogP contribution >= 0.6 is 0 Å². The SMILES string of the molecule is CCCCN(C)C(=O)CCc1nc2cc(S(=O)(=O)N(C)C)ccc2n1C. The van der Waals surface area contributed by atoms with Crippen molar-refractivity contribution < 1.29 is 13.2 Å². The number of amides is 1. The highest BCUT2D eigenvalue weighted by Gasteiger charge is 2.19. The molecule has 1 aromatic heterocycles. The van der Waals surface area contributed by atoms with Crippen LogP contribution in [0, 0.1) is 0 Å². The molecule has 0 saturated carbocycles. The summed E-state index contributed by atoms with van der Waals surface area (Å²) in [6.07, 6.45) is 2.97. The lowest BCUT2D eigenvalue weighted by molar-refractivity contribution is -0.129. The lowest BCUT2D eigenvalue weighted by Crippen LogP contribution is -2.28. The van der Waals surface area contributed by atoms with E-state index in [4.69, 9.17) is 0 Å². The van der Waals surface area contributed by atoms with Crippen molar-refractivity contribution in [3.05, 3.63) is 24.0 Å². The first-order valence-electron chi connectivity index (χ1n) is 8.80. The smallest absolute Gasteiger partial charge is 0.242 e. The Labute approximate surface area is 155 Å². The van der Waals surface area contributed by atoms with Gasteiger partial charge in [-0.3, -0.25) is 4.79 Å². The van der Waals surface area contributed by atoms with E-state index in [1.54, 1.807) is 23.1 Å². The van der Waals surface area contributed by atoms with Crippen LogP contribution in [0.5, 0.6) is 0 Å². The second-order valence-electron chi connectivity index (χ2n) is 6.69.